The molecular weight excluding hydrogens is 764 g/mol. The van der Waals surface area contributed by atoms with E-state index in [4.69, 9.17) is 20.9 Å². The molecule has 6 heterocycles. The Morgan fingerprint density at radius 2 is 0.966 bits per heavy atom. The van der Waals surface area contributed by atoms with E-state index < -0.39 is 73.4 Å². The molecule has 2 aromatic carbocycles. The number of nitrogen functional groups attached to an aromatic ring is 2. The number of rotatable bonds is 8. The standard InChI is InChI=1S/2C17H19N7O5/c2*1-7-2-4-8(5-3-7)22-23-17-19-10-13(20-16(18)21-14(10)28)24(17)15-12(27)11(26)9(6-25)29-15/h2*2-5,9,11-12,15,25-27H,6H2,1H3,(H3,18,20,21,28)/t2*9-,11+,12?,15-/m11/s1. The van der Waals surface area contributed by atoms with Crippen LogP contribution in [-0.4, -0.2) is 120 Å². The van der Waals surface area contributed by atoms with Crippen LogP contribution in [0.4, 0.5) is 35.2 Å². The Kier molecular flexibility index (Phi) is 11.2. The van der Waals surface area contributed by atoms with E-state index >= 15 is 0 Å². The van der Waals surface area contributed by atoms with Crippen LogP contribution in [0.2, 0.25) is 0 Å². The van der Waals surface area contributed by atoms with Gasteiger partial charge in [-0.05, 0) is 38.1 Å². The fourth-order valence-corrected chi connectivity index (χ4v) is 6.20. The third-order valence-electron chi connectivity index (χ3n) is 9.22. The van der Waals surface area contributed by atoms with E-state index in [0.717, 1.165) is 11.1 Å². The van der Waals surface area contributed by atoms with E-state index in [1.54, 1.807) is 24.3 Å². The highest BCUT2D eigenvalue weighted by Crippen LogP contribution is 2.37. The Balaban J connectivity index is 0.000000177. The van der Waals surface area contributed by atoms with Gasteiger partial charge in [0.15, 0.2) is 34.8 Å². The van der Waals surface area contributed by atoms with E-state index in [0.29, 0.717) is 11.4 Å². The van der Waals surface area contributed by atoms with Crippen molar-refractivity contribution < 1.29 is 40.1 Å². The van der Waals surface area contributed by atoms with Crippen molar-refractivity contribution in [2.75, 3.05) is 24.7 Å². The van der Waals surface area contributed by atoms with Gasteiger partial charge in [-0.1, -0.05) is 35.4 Å². The van der Waals surface area contributed by atoms with E-state index in [1.807, 2.05) is 38.1 Å². The summed E-state index contributed by atoms with van der Waals surface area (Å²) in [7, 11) is 0. The first kappa shape index (κ1) is 39.8. The molecule has 12 N–H and O–H groups in total. The lowest BCUT2D eigenvalue weighted by Gasteiger charge is -2.17. The molecule has 0 amide bonds. The van der Waals surface area contributed by atoms with Crippen LogP contribution in [0.15, 0.2) is 78.6 Å². The van der Waals surface area contributed by atoms with E-state index in [-0.39, 0.29) is 46.1 Å². The number of H-pyrrole nitrogens is 2. The second-order valence-electron chi connectivity index (χ2n) is 13.3. The number of nitrogens with two attached hydrogens (primary N) is 2. The van der Waals surface area contributed by atoms with Crippen molar-refractivity contribution >= 4 is 57.5 Å². The summed E-state index contributed by atoms with van der Waals surface area (Å²) in [6.45, 7) is 2.84. The number of nitrogens with zero attached hydrogens (tertiary/aromatic N) is 10. The molecule has 0 spiro atoms. The maximum atomic E-state index is 12.2. The van der Waals surface area contributed by atoms with Gasteiger partial charge in [-0.25, -0.2) is 9.97 Å². The molecule has 2 fully saturated rings. The van der Waals surface area contributed by atoms with Crippen molar-refractivity contribution in [2.45, 2.75) is 62.9 Å². The van der Waals surface area contributed by atoms with Crippen molar-refractivity contribution in [3.05, 3.63) is 80.4 Å². The quantitative estimate of drug-likeness (QED) is 0.0910. The second kappa shape index (κ2) is 16.2. The summed E-state index contributed by atoms with van der Waals surface area (Å²) in [5.74, 6) is -0.507. The summed E-state index contributed by atoms with van der Waals surface area (Å²) in [4.78, 5) is 45.6. The monoisotopic (exact) mass is 802 g/mol. The SMILES string of the molecule is Cc1ccc(N=Nc2nc3c(=O)[nH]c(N)nc3n2[C@@H]2O[C@H](CO)[C@H](O)C2O)cc1.Cc1ccc(N=Nc2nc3c(=O)[nH]c(N)nc3n2[C@@H]2O[C@H](CO)[C@H](O)C2O)cc1. The average molecular weight is 803 g/mol. The number of aryl methyl sites for hydroxylation is 2. The molecule has 58 heavy (non-hydrogen) atoms. The normalized spacial score (nSPS) is 24.7. The molecule has 0 bridgehead atoms. The van der Waals surface area contributed by atoms with Crippen LogP contribution < -0.4 is 22.6 Å². The topological polar surface area (TPSA) is 368 Å². The molecule has 8 rings (SSSR count). The number of benzene rings is 2. The summed E-state index contributed by atoms with van der Waals surface area (Å²) in [5, 5.41) is 76.1. The van der Waals surface area contributed by atoms with E-state index in [2.05, 4.69) is 50.4 Å². The van der Waals surface area contributed by atoms with E-state index in [9.17, 15) is 40.2 Å². The maximum absolute atomic E-state index is 12.2. The van der Waals surface area contributed by atoms with Crippen LogP contribution in [0, 0.1) is 13.8 Å². The molecule has 6 aromatic rings. The number of fused-ring (bicyclic) bond motifs is 2. The van der Waals surface area contributed by atoms with Crippen LogP contribution in [0.3, 0.4) is 0 Å². The van der Waals surface area contributed by atoms with Gasteiger partial charge < -0.3 is 51.6 Å². The predicted octanol–water partition coefficient (Wildman–Crippen LogP) is 0.0742. The third kappa shape index (κ3) is 7.68. The summed E-state index contributed by atoms with van der Waals surface area (Å²) < 4.78 is 13.6. The molecule has 2 aliphatic rings. The Labute approximate surface area is 324 Å². The molecule has 2 unspecified atom stereocenters. The van der Waals surface area contributed by atoms with Gasteiger partial charge in [0.05, 0.1) is 24.6 Å². The van der Waals surface area contributed by atoms with Crippen molar-refractivity contribution in [3.63, 3.8) is 0 Å². The van der Waals surface area contributed by atoms with Crippen LogP contribution >= 0.6 is 0 Å². The van der Waals surface area contributed by atoms with Crippen LogP contribution in [0.25, 0.3) is 22.3 Å². The third-order valence-corrected chi connectivity index (χ3v) is 9.22. The minimum absolute atomic E-state index is 0.000976. The molecule has 4 aromatic heterocycles. The van der Waals surface area contributed by atoms with Crippen molar-refractivity contribution in [2.24, 2.45) is 20.5 Å². The lowest BCUT2D eigenvalue weighted by atomic mass is 10.1. The minimum Gasteiger partial charge on any atom is -0.394 e. The van der Waals surface area contributed by atoms with Gasteiger partial charge in [0, 0.05) is 0 Å². The Hall–Kier alpha value is -6.38. The number of hydrogen-bond acceptors (Lipinski definition) is 20. The molecule has 2 saturated heterocycles. The first-order chi connectivity index (χ1) is 27.8. The molecule has 8 atom stereocenters. The first-order valence-electron chi connectivity index (χ1n) is 17.5. The van der Waals surface area contributed by atoms with Gasteiger partial charge in [0.1, 0.15) is 36.6 Å². The summed E-state index contributed by atoms with van der Waals surface area (Å²) >= 11 is 0. The second-order valence-corrected chi connectivity index (χ2v) is 13.3. The molecule has 24 heteroatoms. The fourth-order valence-electron chi connectivity index (χ4n) is 6.20. The average Bonchev–Trinajstić information content (AvgIpc) is 3.91. The number of ether oxygens (including phenoxy) is 2. The van der Waals surface area contributed by atoms with Gasteiger partial charge in [-0.3, -0.25) is 28.7 Å². The van der Waals surface area contributed by atoms with Crippen molar-refractivity contribution in [1.82, 2.24) is 39.0 Å². The zero-order chi connectivity index (χ0) is 41.4. The molecule has 304 valence electrons. The zero-order valence-corrected chi connectivity index (χ0v) is 30.6. The van der Waals surface area contributed by atoms with Crippen LogP contribution in [-0.2, 0) is 9.47 Å². The van der Waals surface area contributed by atoms with Crippen LogP contribution in [0.1, 0.15) is 23.6 Å². The van der Waals surface area contributed by atoms with Gasteiger partial charge in [-0.2, -0.15) is 9.97 Å². The predicted molar refractivity (Wildman–Crippen MR) is 202 cm³/mol. The van der Waals surface area contributed by atoms with Gasteiger partial charge >= 0.3 is 0 Å². The Morgan fingerprint density at radius 1 is 0.603 bits per heavy atom. The zero-order valence-electron chi connectivity index (χ0n) is 30.6. The molecule has 0 aliphatic carbocycles. The summed E-state index contributed by atoms with van der Waals surface area (Å²) in [5.41, 5.74) is 13.1. The molecule has 2 aliphatic heterocycles. The fraction of sp³-hybridized carbons (Fsp3) is 0.353. The molecule has 24 nitrogen and oxygen atoms in total. The first-order valence-corrected chi connectivity index (χ1v) is 17.5. The van der Waals surface area contributed by atoms with E-state index in [1.165, 1.54) is 9.13 Å². The highest BCUT2D eigenvalue weighted by Gasteiger charge is 2.46. The van der Waals surface area contributed by atoms with Gasteiger partial charge in [-0.15, -0.1) is 20.5 Å². The molecule has 0 saturated carbocycles. The highest BCUT2D eigenvalue weighted by molar-refractivity contribution is 5.75. The summed E-state index contributed by atoms with van der Waals surface area (Å²) in [6, 6.07) is 14.4. The molecular formula is C34H38N14O10. The van der Waals surface area contributed by atoms with Crippen molar-refractivity contribution in [1.29, 1.82) is 0 Å². The smallest absolute Gasteiger partial charge is 0.280 e. The number of aromatic amines is 2. The largest absolute Gasteiger partial charge is 0.394 e. The number of aliphatic hydroxyl groups excluding tert-OH is 6. The summed E-state index contributed by atoms with van der Waals surface area (Å²) in [6.07, 6.45) is -10.1. The van der Waals surface area contributed by atoms with Gasteiger partial charge in [0.2, 0.25) is 11.9 Å². The lowest BCUT2D eigenvalue weighted by molar-refractivity contribution is -0.0503. The number of hydrogen-bond donors (Lipinski definition) is 10. The van der Waals surface area contributed by atoms with Crippen LogP contribution in [0.5, 0.6) is 0 Å². The minimum atomic E-state index is -1.43. The van der Waals surface area contributed by atoms with Gasteiger partial charge in [0.25, 0.3) is 23.0 Å². The number of nitrogens with one attached hydrogen (secondary N) is 2. The Morgan fingerprint density at radius 3 is 1.29 bits per heavy atom. The number of anilines is 2. The van der Waals surface area contributed by atoms with Crippen molar-refractivity contribution in [3.8, 4) is 0 Å². The number of aromatic nitrogens is 8. The highest BCUT2D eigenvalue weighted by atomic mass is 16.6. The lowest BCUT2D eigenvalue weighted by Crippen LogP contribution is -2.33. The maximum Gasteiger partial charge on any atom is 0.280 e. The number of imidazole rings is 2. The number of aliphatic hydroxyl groups is 6. The molecule has 0 radical (unpaired) electrons. The Bertz CT molecular complexity index is 2430. The number of azo groups is 2.